The molecule has 0 aliphatic heterocycles. The summed E-state index contributed by atoms with van der Waals surface area (Å²) in [5.41, 5.74) is 1.36. The summed E-state index contributed by atoms with van der Waals surface area (Å²) < 4.78 is 26.7. The van der Waals surface area contributed by atoms with Gasteiger partial charge in [-0.15, -0.1) is 0 Å². The van der Waals surface area contributed by atoms with Crippen molar-refractivity contribution < 1.29 is 13.5 Å². The average molecular weight is 269 g/mol. The number of rotatable bonds is 5. The largest absolute Gasteiger partial charge is 0.392 e. The van der Waals surface area contributed by atoms with E-state index in [0.29, 0.717) is 17.0 Å². The molecule has 1 aliphatic carbocycles. The fourth-order valence-electron chi connectivity index (χ4n) is 2.13. The van der Waals surface area contributed by atoms with E-state index in [1.54, 1.807) is 29.4 Å². The monoisotopic (exact) mass is 269 g/mol. The third kappa shape index (κ3) is 2.43. The van der Waals surface area contributed by atoms with Crippen molar-refractivity contribution in [1.29, 1.82) is 0 Å². The van der Waals surface area contributed by atoms with Gasteiger partial charge in [0.2, 0.25) is 10.0 Å². The molecule has 1 aromatic rings. The summed E-state index contributed by atoms with van der Waals surface area (Å²) in [6.45, 7) is 4.00. The molecule has 1 fully saturated rings. The number of sulfonamides is 1. The minimum absolute atomic E-state index is 0.141. The van der Waals surface area contributed by atoms with Gasteiger partial charge in [0, 0.05) is 12.6 Å². The first-order chi connectivity index (χ1) is 8.50. The summed E-state index contributed by atoms with van der Waals surface area (Å²) in [5, 5.41) is 9.13. The Morgan fingerprint density at radius 3 is 2.56 bits per heavy atom. The fourth-order valence-corrected chi connectivity index (χ4v) is 4.11. The van der Waals surface area contributed by atoms with Crippen LogP contribution >= 0.6 is 0 Å². The number of aliphatic hydroxyl groups excluding tert-OH is 1. The Morgan fingerprint density at radius 1 is 1.39 bits per heavy atom. The van der Waals surface area contributed by atoms with Gasteiger partial charge in [0.1, 0.15) is 0 Å². The van der Waals surface area contributed by atoms with E-state index in [4.69, 9.17) is 5.11 Å². The predicted octanol–water partition coefficient (Wildman–Crippen LogP) is 1.66. The van der Waals surface area contributed by atoms with Crippen LogP contribution in [0.3, 0.4) is 0 Å². The van der Waals surface area contributed by atoms with E-state index in [1.165, 1.54) is 0 Å². The molecule has 100 valence electrons. The topological polar surface area (TPSA) is 57.6 Å². The first kappa shape index (κ1) is 13.5. The number of aryl methyl sites for hydroxylation is 1. The van der Waals surface area contributed by atoms with Crippen LogP contribution in [0.2, 0.25) is 0 Å². The predicted molar refractivity (Wildman–Crippen MR) is 69.7 cm³/mol. The van der Waals surface area contributed by atoms with Gasteiger partial charge >= 0.3 is 0 Å². The lowest BCUT2D eigenvalue weighted by atomic mass is 10.2. The molecule has 18 heavy (non-hydrogen) atoms. The molecule has 1 saturated carbocycles. The van der Waals surface area contributed by atoms with Crippen LogP contribution in [0.1, 0.15) is 30.9 Å². The van der Waals surface area contributed by atoms with Crippen LogP contribution in [0.25, 0.3) is 0 Å². The third-order valence-corrected chi connectivity index (χ3v) is 5.46. The number of benzene rings is 1. The van der Waals surface area contributed by atoms with E-state index >= 15 is 0 Å². The molecule has 0 saturated heterocycles. The van der Waals surface area contributed by atoms with Gasteiger partial charge in [-0.05, 0) is 37.0 Å². The van der Waals surface area contributed by atoms with Crippen LogP contribution in [0.4, 0.5) is 0 Å². The molecule has 0 radical (unpaired) electrons. The van der Waals surface area contributed by atoms with Gasteiger partial charge < -0.3 is 5.11 Å². The van der Waals surface area contributed by atoms with E-state index in [9.17, 15) is 8.42 Å². The molecule has 0 heterocycles. The Morgan fingerprint density at radius 2 is 2.06 bits per heavy atom. The highest BCUT2D eigenvalue weighted by Crippen LogP contribution is 2.32. The van der Waals surface area contributed by atoms with Gasteiger partial charge in [0.15, 0.2) is 0 Å². The molecule has 1 aliphatic rings. The van der Waals surface area contributed by atoms with Crippen LogP contribution < -0.4 is 0 Å². The minimum atomic E-state index is -3.43. The first-order valence-electron chi connectivity index (χ1n) is 6.23. The van der Waals surface area contributed by atoms with Crippen molar-refractivity contribution in [2.45, 2.75) is 44.2 Å². The third-order valence-electron chi connectivity index (χ3n) is 3.29. The summed E-state index contributed by atoms with van der Waals surface area (Å²) in [7, 11) is -3.43. The quantitative estimate of drug-likeness (QED) is 0.884. The second-order valence-electron chi connectivity index (χ2n) is 4.70. The number of hydrogen-bond acceptors (Lipinski definition) is 3. The highest BCUT2D eigenvalue weighted by atomic mass is 32.2. The van der Waals surface area contributed by atoms with Crippen LogP contribution in [0.15, 0.2) is 23.1 Å². The van der Waals surface area contributed by atoms with Crippen molar-refractivity contribution in [1.82, 2.24) is 4.31 Å². The van der Waals surface area contributed by atoms with Crippen LogP contribution in [-0.4, -0.2) is 30.4 Å². The van der Waals surface area contributed by atoms with Gasteiger partial charge in [-0.2, -0.15) is 4.31 Å². The fraction of sp³-hybridized carbons (Fsp3) is 0.538. The van der Waals surface area contributed by atoms with Crippen LogP contribution in [0, 0.1) is 6.92 Å². The lowest BCUT2D eigenvalue weighted by Gasteiger charge is -2.21. The molecule has 0 spiro atoms. The van der Waals surface area contributed by atoms with E-state index in [-0.39, 0.29) is 12.6 Å². The van der Waals surface area contributed by atoms with Crippen molar-refractivity contribution >= 4 is 10.0 Å². The van der Waals surface area contributed by atoms with Gasteiger partial charge in [-0.3, -0.25) is 0 Å². The van der Waals surface area contributed by atoms with E-state index in [0.717, 1.165) is 18.4 Å². The molecular formula is C13H19NO3S. The second kappa shape index (κ2) is 4.99. The molecule has 1 aromatic carbocycles. The van der Waals surface area contributed by atoms with Crippen LogP contribution in [-0.2, 0) is 16.6 Å². The molecule has 0 unspecified atom stereocenters. The molecule has 4 nitrogen and oxygen atoms in total. The molecular weight excluding hydrogens is 250 g/mol. The van der Waals surface area contributed by atoms with Crippen molar-refractivity contribution in [2.24, 2.45) is 0 Å². The number of nitrogens with zero attached hydrogens (tertiary/aromatic N) is 1. The van der Waals surface area contributed by atoms with Crippen molar-refractivity contribution in [3.63, 3.8) is 0 Å². The van der Waals surface area contributed by atoms with Gasteiger partial charge in [0.25, 0.3) is 0 Å². The zero-order valence-electron chi connectivity index (χ0n) is 10.8. The van der Waals surface area contributed by atoms with Crippen LogP contribution in [0.5, 0.6) is 0 Å². The smallest absolute Gasteiger partial charge is 0.243 e. The second-order valence-corrected chi connectivity index (χ2v) is 6.56. The van der Waals surface area contributed by atoms with Gasteiger partial charge in [-0.25, -0.2) is 8.42 Å². The number of hydrogen-bond donors (Lipinski definition) is 1. The summed E-state index contributed by atoms with van der Waals surface area (Å²) in [5.74, 6) is 0. The Bertz CT molecular complexity index is 535. The standard InChI is InChI=1S/C13H19NO3S/c1-3-14(12-6-7-12)18(16,17)13-8-11(9-15)5-4-10(13)2/h4-5,8,12,15H,3,6-7,9H2,1-2H3. The van der Waals surface area contributed by atoms with Crippen molar-refractivity contribution in [3.8, 4) is 0 Å². The molecule has 5 heteroatoms. The highest BCUT2D eigenvalue weighted by Gasteiger charge is 2.37. The SMILES string of the molecule is CCN(C1CC1)S(=O)(=O)c1cc(CO)ccc1C. The summed E-state index contributed by atoms with van der Waals surface area (Å²) in [6, 6.07) is 5.24. The van der Waals surface area contributed by atoms with E-state index in [1.807, 2.05) is 6.92 Å². The number of aliphatic hydroxyl groups is 1. The minimum Gasteiger partial charge on any atom is -0.392 e. The Hall–Kier alpha value is -0.910. The van der Waals surface area contributed by atoms with E-state index < -0.39 is 10.0 Å². The highest BCUT2D eigenvalue weighted by molar-refractivity contribution is 7.89. The molecule has 0 aromatic heterocycles. The lowest BCUT2D eigenvalue weighted by Crippen LogP contribution is -2.33. The van der Waals surface area contributed by atoms with Gasteiger partial charge in [-0.1, -0.05) is 19.1 Å². The summed E-state index contributed by atoms with van der Waals surface area (Å²) in [4.78, 5) is 0.322. The molecule has 0 amide bonds. The van der Waals surface area contributed by atoms with Crippen molar-refractivity contribution in [2.75, 3.05) is 6.54 Å². The van der Waals surface area contributed by atoms with Gasteiger partial charge in [0.05, 0.1) is 11.5 Å². The van der Waals surface area contributed by atoms with E-state index in [2.05, 4.69) is 0 Å². The lowest BCUT2D eigenvalue weighted by molar-refractivity contribution is 0.281. The maximum absolute atomic E-state index is 12.6. The maximum atomic E-state index is 12.6. The zero-order valence-corrected chi connectivity index (χ0v) is 11.6. The Kier molecular flexibility index (Phi) is 3.75. The Balaban J connectivity index is 2.45. The Labute approximate surface area is 108 Å². The summed E-state index contributed by atoms with van der Waals surface area (Å²) >= 11 is 0. The molecule has 0 atom stereocenters. The normalized spacial score (nSPS) is 16.2. The maximum Gasteiger partial charge on any atom is 0.243 e. The molecule has 2 rings (SSSR count). The average Bonchev–Trinajstić information content (AvgIpc) is 3.14. The summed E-state index contributed by atoms with van der Waals surface area (Å²) in [6.07, 6.45) is 1.90. The van der Waals surface area contributed by atoms with Crippen molar-refractivity contribution in [3.05, 3.63) is 29.3 Å². The zero-order chi connectivity index (χ0) is 13.3. The molecule has 1 N–H and O–H groups in total. The first-order valence-corrected chi connectivity index (χ1v) is 7.67. The molecule has 0 bridgehead atoms.